The first-order chi connectivity index (χ1) is 7.00. The molecule has 0 atom stereocenters. The van der Waals surface area contributed by atoms with Crippen LogP contribution in [0.1, 0.15) is 18.4 Å². The molecular weight excluding hydrogens is 252 g/mol. The summed E-state index contributed by atoms with van der Waals surface area (Å²) in [4.78, 5) is 2.26. The molecule has 2 nitrogen and oxygen atoms in total. The molecule has 1 aliphatic carbocycles. The van der Waals surface area contributed by atoms with Crippen molar-refractivity contribution in [1.82, 2.24) is 0 Å². The van der Waals surface area contributed by atoms with Crippen molar-refractivity contribution >= 4 is 21.6 Å². The number of nitrogens with two attached hydrogens (primary N) is 1. The van der Waals surface area contributed by atoms with Gasteiger partial charge in [0.15, 0.2) is 0 Å². The third-order valence-corrected chi connectivity index (χ3v) is 3.52. The van der Waals surface area contributed by atoms with Gasteiger partial charge in [-0.2, -0.15) is 0 Å². The van der Waals surface area contributed by atoms with E-state index in [1.54, 1.807) is 0 Å². The Balaban J connectivity index is 2.16. The van der Waals surface area contributed by atoms with Gasteiger partial charge in [0.25, 0.3) is 0 Å². The fraction of sp³-hybridized carbons (Fsp3) is 0.500. The predicted molar refractivity (Wildman–Crippen MR) is 68.3 cm³/mol. The largest absolute Gasteiger partial charge is 0.373 e. The summed E-state index contributed by atoms with van der Waals surface area (Å²) in [6.07, 6.45) is 2.31. The Hall–Kier alpha value is -0.540. The van der Waals surface area contributed by atoms with Crippen LogP contribution in [0.15, 0.2) is 22.7 Å². The van der Waals surface area contributed by atoms with Crippen LogP contribution in [0, 0.1) is 6.92 Å². The number of benzene rings is 1. The molecule has 82 valence electrons. The maximum absolute atomic E-state index is 6.12. The van der Waals surface area contributed by atoms with Crippen molar-refractivity contribution < 1.29 is 0 Å². The summed E-state index contributed by atoms with van der Waals surface area (Å²) in [6.45, 7) is 3.08. The molecular formula is C12H17BrN2. The third-order valence-electron chi connectivity index (χ3n) is 3.03. The Bertz CT molecular complexity index is 372. The van der Waals surface area contributed by atoms with Crippen molar-refractivity contribution in [3.8, 4) is 0 Å². The molecule has 0 amide bonds. The molecule has 1 aromatic carbocycles. The normalized spacial score (nSPS) is 17.6. The van der Waals surface area contributed by atoms with E-state index in [0.29, 0.717) is 0 Å². The standard InChI is InChI=1S/C12H17BrN2/c1-9-3-4-10(13)7-11(9)15(2)8-12(14)5-6-12/h3-4,7H,5-6,8,14H2,1-2H3. The zero-order chi connectivity index (χ0) is 11.1. The highest BCUT2D eigenvalue weighted by atomic mass is 79.9. The van der Waals surface area contributed by atoms with Crippen LogP contribution < -0.4 is 10.6 Å². The molecule has 1 aliphatic rings. The van der Waals surface area contributed by atoms with Gasteiger partial charge in [0.05, 0.1) is 0 Å². The van der Waals surface area contributed by atoms with Gasteiger partial charge in [0, 0.05) is 29.3 Å². The van der Waals surface area contributed by atoms with Crippen molar-refractivity contribution in [2.45, 2.75) is 25.3 Å². The van der Waals surface area contributed by atoms with Crippen LogP contribution in [-0.2, 0) is 0 Å². The number of likely N-dealkylation sites (N-methyl/N-ethyl adjacent to an activating group) is 1. The minimum absolute atomic E-state index is 0.0729. The maximum Gasteiger partial charge on any atom is 0.0405 e. The van der Waals surface area contributed by atoms with Gasteiger partial charge in [-0.05, 0) is 37.5 Å². The van der Waals surface area contributed by atoms with Gasteiger partial charge in [0.2, 0.25) is 0 Å². The Kier molecular flexibility index (Phi) is 2.77. The Morgan fingerprint density at radius 2 is 2.13 bits per heavy atom. The minimum atomic E-state index is 0.0729. The zero-order valence-corrected chi connectivity index (χ0v) is 10.8. The summed E-state index contributed by atoms with van der Waals surface area (Å²) in [5.41, 5.74) is 8.75. The lowest BCUT2D eigenvalue weighted by atomic mass is 10.1. The molecule has 3 heteroatoms. The number of anilines is 1. The molecule has 0 radical (unpaired) electrons. The quantitative estimate of drug-likeness (QED) is 0.914. The van der Waals surface area contributed by atoms with Gasteiger partial charge in [-0.1, -0.05) is 22.0 Å². The van der Waals surface area contributed by atoms with Crippen LogP contribution in [0.25, 0.3) is 0 Å². The molecule has 1 aromatic rings. The zero-order valence-electron chi connectivity index (χ0n) is 9.26. The molecule has 1 saturated carbocycles. The van der Waals surface area contributed by atoms with Gasteiger partial charge in [-0.25, -0.2) is 0 Å². The molecule has 0 saturated heterocycles. The van der Waals surface area contributed by atoms with E-state index >= 15 is 0 Å². The fourth-order valence-electron chi connectivity index (χ4n) is 1.87. The van der Waals surface area contributed by atoms with E-state index in [-0.39, 0.29) is 5.54 Å². The van der Waals surface area contributed by atoms with E-state index < -0.39 is 0 Å². The summed E-state index contributed by atoms with van der Waals surface area (Å²) >= 11 is 3.50. The molecule has 2 rings (SSSR count). The van der Waals surface area contributed by atoms with Gasteiger partial charge in [-0.3, -0.25) is 0 Å². The van der Waals surface area contributed by atoms with E-state index in [4.69, 9.17) is 5.73 Å². The van der Waals surface area contributed by atoms with E-state index in [9.17, 15) is 0 Å². The summed E-state index contributed by atoms with van der Waals surface area (Å²) < 4.78 is 1.12. The summed E-state index contributed by atoms with van der Waals surface area (Å²) in [5, 5.41) is 0. The number of hydrogen-bond donors (Lipinski definition) is 1. The molecule has 2 N–H and O–H groups in total. The molecule has 0 unspecified atom stereocenters. The highest BCUT2D eigenvalue weighted by molar-refractivity contribution is 9.10. The van der Waals surface area contributed by atoms with Crippen molar-refractivity contribution in [3.05, 3.63) is 28.2 Å². The molecule has 0 bridgehead atoms. The highest BCUT2D eigenvalue weighted by Gasteiger charge is 2.39. The van der Waals surface area contributed by atoms with Crippen LogP contribution in [0.2, 0.25) is 0 Å². The molecule has 0 aliphatic heterocycles. The lowest BCUT2D eigenvalue weighted by Crippen LogP contribution is -2.37. The first kappa shape index (κ1) is 11.0. The van der Waals surface area contributed by atoms with Crippen molar-refractivity contribution in [2.24, 2.45) is 5.73 Å². The average molecular weight is 269 g/mol. The minimum Gasteiger partial charge on any atom is -0.373 e. The lowest BCUT2D eigenvalue weighted by Gasteiger charge is -2.25. The Morgan fingerprint density at radius 1 is 1.47 bits per heavy atom. The second-order valence-electron chi connectivity index (χ2n) is 4.65. The van der Waals surface area contributed by atoms with E-state index in [1.165, 1.54) is 11.3 Å². The Morgan fingerprint density at radius 3 is 2.73 bits per heavy atom. The number of halogens is 1. The monoisotopic (exact) mass is 268 g/mol. The van der Waals surface area contributed by atoms with Crippen LogP contribution in [0.4, 0.5) is 5.69 Å². The van der Waals surface area contributed by atoms with Crippen molar-refractivity contribution in [3.63, 3.8) is 0 Å². The van der Waals surface area contributed by atoms with Gasteiger partial charge >= 0.3 is 0 Å². The molecule has 0 heterocycles. The maximum atomic E-state index is 6.12. The summed E-state index contributed by atoms with van der Waals surface area (Å²) in [7, 11) is 2.11. The van der Waals surface area contributed by atoms with Crippen LogP contribution in [-0.4, -0.2) is 19.1 Å². The van der Waals surface area contributed by atoms with E-state index in [0.717, 1.165) is 23.9 Å². The smallest absolute Gasteiger partial charge is 0.0405 e. The van der Waals surface area contributed by atoms with E-state index in [1.807, 2.05) is 0 Å². The van der Waals surface area contributed by atoms with Crippen LogP contribution >= 0.6 is 15.9 Å². The highest BCUT2D eigenvalue weighted by Crippen LogP contribution is 2.34. The number of aryl methyl sites for hydroxylation is 1. The predicted octanol–water partition coefficient (Wildman–Crippen LogP) is 2.69. The average Bonchev–Trinajstić information content (AvgIpc) is 2.87. The van der Waals surface area contributed by atoms with Gasteiger partial charge < -0.3 is 10.6 Å². The van der Waals surface area contributed by atoms with Crippen molar-refractivity contribution in [1.29, 1.82) is 0 Å². The second-order valence-corrected chi connectivity index (χ2v) is 5.56. The molecule has 1 fully saturated rings. The number of rotatable bonds is 3. The van der Waals surface area contributed by atoms with Crippen LogP contribution in [0.5, 0.6) is 0 Å². The van der Waals surface area contributed by atoms with Gasteiger partial charge in [-0.15, -0.1) is 0 Å². The van der Waals surface area contributed by atoms with Crippen molar-refractivity contribution in [2.75, 3.05) is 18.5 Å². The fourth-order valence-corrected chi connectivity index (χ4v) is 2.22. The molecule has 15 heavy (non-hydrogen) atoms. The second kappa shape index (κ2) is 3.80. The summed E-state index contributed by atoms with van der Waals surface area (Å²) in [5.74, 6) is 0. The lowest BCUT2D eigenvalue weighted by molar-refractivity contribution is 0.660. The number of nitrogens with zero attached hydrogens (tertiary/aromatic N) is 1. The van der Waals surface area contributed by atoms with Gasteiger partial charge in [0.1, 0.15) is 0 Å². The van der Waals surface area contributed by atoms with Crippen LogP contribution in [0.3, 0.4) is 0 Å². The third kappa shape index (κ3) is 2.52. The first-order valence-corrected chi connectivity index (χ1v) is 6.06. The molecule has 0 spiro atoms. The topological polar surface area (TPSA) is 29.3 Å². The first-order valence-electron chi connectivity index (χ1n) is 5.26. The SMILES string of the molecule is Cc1ccc(Br)cc1N(C)CC1(N)CC1. The molecule has 0 aromatic heterocycles. The number of hydrogen-bond acceptors (Lipinski definition) is 2. The summed E-state index contributed by atoms with van der Waals surface area (Å²) in [6, 6.07) is 6.36. The van der Waals surface area contributed by atoms with E-state index in [2.05, 4.69) is 53.0 Å². The Labute approximate surface area is 99.6 Å².